The first-order valence-corrected chi connectivity index (χ1v) is 10.4. The molecule has 3 heterocycles. The molecule has 1 aliphatic carbocycles. The van der Waals surface area contributed by atoms with Crippen LogP contribution in [-0.2, 0) is 4.79 Å². The molecule has 3 fully saturated rings. The highest BCUT2D eigenvalue weighted by Crippen LogP contribution is 2.40. The van der Waals surface area contributed by atoms with Crippen LogP contribution >= 0.6 is 0 Å². The number of carbonyl (C=O) groups excluding carboxylic acids is 2. The highest BCUT2D eigenvalue weighted by atomic mass is 16.5. The first-order valence-electron chi connectivity index (χ1n) is 10.4. The Balaban J connectivity index is 1.26. The number of piperidine rings is 2. The van der Waals surface area contributed by atoms with Crippen molar-refractivity contribution in [3.63, 3.8) is 0 Å². The maximum absolute atomic E-state index is 12.6. The number of likely N-dealkylation sites (tertiary alicyclic amines) is 1. The van der Waals surface area contributed by atoms with Crippen molar-refractivity contribution in [2.45, 2.75) is 57.4 Å². The van der Waals surface area contributed by atoms with E-state index in [0.29, 0.717) is 37.0 Å². The molecule has 1 aromatic heterocycles. The van der Waals surface area contributed by atoms with Crippen LogP contribution in [0.3, 0.4) is 0 Å². The fraction of sp³-hybridized carbons (Fsp3) is 0.750. The van der Waals surface area contributed by atoms with E-state index in [2.05, 4.69) is 22.7 Å². The maximum Gasteiger partial charge on any atom is 0.273 e. The lowest BCUT2D eigenvalue weighted by molar-refractivity contribution is -0.134. The number of nitrogens with zero attached hydrogens (tertiary/aromatic N) is 2. The molecular weight excluding hydrogens is 344 g/mol. The number of hydrogen-bond donors (Lipinski definition) is 2. The summed E-state index contributed by atoms with van der Waals surface area (Å²) in [6.45, 7) is 5.57. The number of aromatic nitrogens is 1. The Kier molecular flexibility index (Phi) is 5.48. The van der Waals surface area contributed by atoms with Crippen LogP contribution in [-0.4, -0.2) is 54.1 Å². The lowest BCUT2D eigenvalue weighted by Gasteiger charge is -2.38. The number of hydrogen-bond acceptors (Lipinski definition) is 5. The standard InChI is InChI=1S/C20H30N4O3/c1-13-12-24(19(25)10-14-4-7-21-8-5-14)9-6-16(13)22-20(26)17-11-18(27-23-17)15-2-3-15/h11,13-16,21H,2-10,12H2,1H3,(H,22,26)/t13-,16+/m1/s1. The zero-order chi connectivity index (χ0) is 18.8. The minimum absolute atomic E-state index is 0.0708. The van der Waals surface area contributed by atoms with Crippen molar-refractivity contribution in [1.29, 1.82) is 0 Å². The highest BCUT2D eigenvalue weighted by Gasteiger charge is 2.32. The smallest absolute Gasteiger partial charge is 0.273 e. The Hall–Kier alpha value is -1.89. The summed E-state index contributed by atoms with van der Waals surface area (Å²) in [6.07, 6.45) is 5.88. The van der Waals surface area contributed by atoms with Gasteiger partial charge in [0.15, 0.2) is 5.69 Å². The van der Waals surface area contributed by atoms with Crippen LogP contribution in [0.5, 0.6) is 0 Å². The van der Waals surface area contributed by atoms with Crippen LogP contribution in [0, 0.1) is 11.8 Å². The predicted molar refractivity (Wildman–Crippen MR) is 100 cm³/mol. The lowest BCUT2D eigenvalue weighted by Crippen LogP contribution is -2.51. The van der Waals surface area contributed by atoms with Crippen molar-refractivity contribution in [3.8, 4) is 0 Å². The number of amides is 2. The number of nitrogens with one attached hydrogen (secondary N) is 2. The summed E-state index contributed by atoms with van der Waals surface area (Å²) in [5, 5.41) is 10.4. The van der Waals surface area contributed by atoms with Crippen molar-refractivity contribution >= 4 is 11.8 Å². The molecule has 148 valence electrons. The minimum atomic E-state index is -0.169. The van der Waals surface area contributed by atoms with Gasteiger partial charge in [-0.3, -0.25) is 9.59 Å². The van der Waals surface area contributed by atoms with E-state index in [0.717, 1.165) is 51.0 Å². The van der Waals surface area contributed by atoms with Gasteiger partial charge in [0.1, 0.15) is 5.76 Å². The predicted octanol–water partition coefficient (Wildman–Crippen LogP) is 1.91. The average Bonchev–Trinajstić information content (AvgIpc) is 3.40. The second kappa shape index (κ2) is 8.00. The quantitative estimate of drug-likeness (QED) is 0.822. The Bertz CT molecular complexity index is 679. The molecule has 2 atom stereocenters. The second-order valence-corrected chi connectivity index (χ2v) is 8.47. The first-order chi connectivity index (χ1) is 13.1. The largest absolute Gasteiger partial charge is 0.360 e. The Morgan fingerprint density at radius 3 is 2.74 bits per heavy atom. The average molecular weight is 374 g/mol. The summed E-state index contributed by atoms with van der Waals surface area (Å²) >= 11 is 0. The summed E-state index contributed by atoms with van der Waals surface area (Å²) in [6, 6.07) is 1.84. The van der Waals surface area contributed by atoms with Crippen LogP contribution in [0.25, 0.3) is 0 Å². The first kappa shape index (κ1) is 18.5. The molecule has 7 nitrogen and oxygen atoms in total. The fourth-order valence-electron chi connectivity index (χ4n) is 4.25. The van der Waals surface area contributed by atoms with Gasteiger partial charge in [0.25, 0.3) is 5.91 Å². The molecule has 1 saturated carbocycles. The van der Waals surface area contributed by atoms with E-state index in [9.17, 15) is 9.59 Å². The van der Waals surface area contributed by atoms with E-state index in [-0.39, 0.29) is 23.8 Å². The Morgan fingerprint density at radius 1 is 1.26 bits per heavy atom. The molecule has 0 unspecified atom stereocenters. The molecule has 0 bridgehead atoms. The zero-order valence-corrected chi connectivity index (χ0v) is 16.1. The van der Waals surface area contributed by atoms with Crippen LogP contribution < -0.4 is 10.6 Å². The molecule has 2 aliphatic heterocycles. The van der Waals surface area contributed by atoms with Crippen molar-refractivity contribution < 1.29 is 14.1 Å². The molecule has 7 heteroatoms. The molecule has 2 saturated heterocycles. The fourth-order valence-corrected chi connectivity index (χ4v) is 4.25. The topological polar surface area (TPSA) is 87.5 Å². The third-order valence-electron chi connectivity index (χ3n) is 6.24. The Morgan fingerprint density at radius 2 is 2.04 bits per heavy atom. The van der Waals surface area contributed by atoms with E-state index in [1.807, 2.05) is 4.90 Å². The normalized spacial score (nSPS) is 26.8. The van der Waals surface area contributed by atoms with E-state index in [4.69, 9.17) is 4.52 Å². The summed E-state index contributed by atoms with van der Waals surface area (Å²) in [5.74, 6) is 2.12. The molecule has 2 N–H and O–H groups in total. The summed E-state index contributed by atoms with van der Waals surface area (Å²) in [5.41, 5.74) is 0.369. The van der Waals surface area contributed by atoms with Gasteiger partial charge in [0.05, 0.1) is 0 Å². The van der Waals surface area contributed by atoms with Gasteiger partial charge >= 0.3 is 0 Å². The third kappa shape index (κ3) is 4.51. The van der Waals surface area contributed by atoms with Gasteiger partial charge in [-0.2, -0.15) is 0 Å². The van der Waals surface area contributed by atoms with Crippen LogP contribution in [0.2, 0.25) is 0 Å². The third-order valence-corrected chi connectivity index (χ3v) is 6.24. The molecule has 0 aromatic carbocycles. The van der Waals surface area contributed by atoms with E-state index >= 15 is 0 Å². The van der Waals surface area contributed by atoms with Crippen molar-refractivity contribution in [3.05, 3.63) is 17.5 Å². The van der Waals surface area contributed by atoms with E-state index in [1.54, 1.807) is 6.07 Å². The summed E-state index contributed by atoms with van der Waals surface area (Å²) < 4.78 is 5.28. The lowest BCUT2D eigenvalue weighted by atomic mass is 9.91. The minimum Gasteiger partial charge on any atom is -0.360 e. The molecule has 0 radical (unpaired) electrons. The maximum atomic E-state index is 12.6. The SMILES string of the molecule is C[C@@H]1CN(C(=O)CC2CCNCC2)CC[C@@H]1NC(=O)c1cc(C2CC2)on1. The molecule has 3 aliphatic rings. The van der Waals surface area contributed by atoms with Gasteiger partial charge in [0, 0.05) is 37.5 Å². The van der Waals surface area contributed by atoms with E-state index < -0.39 is 0 Å². The molecule has 0 spiro atoms. The van der Waals surface area contributed by atoms with Gasteiger partial charge in [0.2, 0.25) is 5.91 Å². The van der Waals surface area contributed by atoms with Gasteiger partial charge in [-0.05, 0) is 57.0 Å². The second-order valence-electron chi connectivity index (χ2n) is 8.47. The monoisotopic (exact) mass is 374 g/mol. The molecule has 4 rings (SSSR count). The van der Waals surface area contributed by atoms with Crippen LogP contribution in [0.4, 0.5) is 0 Å². The van der Waals surface area contributed by atoms with Crippen molar-refractivity contribution in [2.75, 3.05) is 26.2 Å². The van der Waals surface area contributed by atoms with Crippen molar-refractivity contribution in [2.24, 2.45) is 11.8 Å². The molecular formula is C20H30N4O3. The van der Waals surface area contributed by atoms with Gasteiger partial charge in [-0.15, -0.1) is 0 Å². The molecule has 1 aromatic rings. The molecule has 27 heavy (non-hydrogen) atoms. The summed E-state index contributed by atoms with van der Waals surface area (Å²) in [7, 11) is 0. The van der Waals surface area contributed by atoms with Crippen molar-refractivity contribution in [1.82, 2.24) is 20.7 Å². The van der Waals surface area contributed by atoms with E-state index in [1.165, 1.54) is 0 Å². The number of carbonyl (C=O) groups is 2. The Labute approximate surface area is 160 Å². The van der Waals surface area contributed by atoms with Crippen LogP contribution in [0.1, 0.15) is 67.6 Å². The van der Waals surface area contributed by atoms with Gasteiger partial charge in [-0.1, -0.05) is 12.1 Å². The number of rotatable bonds is 5. The zero-order valence-electron chi connectivity index (χ0n) is 16.1. The van der Waals surface area contributed by atoms with Crippen LogP contribution in [0.15, 0.2) is 10.6 Å². The summed E-state index contributed by atoms with van der Waals surface area (Å²) in [4.78, 5) is 27.1. The van der Waals surface area contributed by atoms with Gasteiger partial charge in [-0.25, -0.2) is 0 Å². The molecule has 2 amide bonds. The highest BCUT2D eigenvalue weighted by molar-refractivity contribution is 5.92. The van der Waals surface area contributed by atoms with Gasteiger partial charge < -0.3 is 20.1 Å².